The van der Waals surface area contributed by atoms with Gasteiger partial charge in [0, 0.05) is 29.7 Å². The summed E-state index contributed by atoms with van der Waals surface area (Å²) in [7, 11) is 0. The van der Waals surface area contributed by atoms with Crippen LogP contribution in [0.3, 0.4) is 0 Å². The number of oxazole rings is 1. The van der Waals surface area contributed by atoms with Gasteiger partial charge in [-0.05, 0) is 36.4 Å². The van der Waals surface area contributed by atoms with Gasteiger partial charge in [0.25, 0.3) is 0 Å². The molecule has 0 N–H and O–H groups in total. The smallest absolute Gasteiger partial charge is 0.227 e. The Bertz CT molecular complexity index is 960. The lowest BCUT2D eigenvalue weighted by Crippen LogP contribution is -1.80. The van der Waals surface area contributed by atoms with Crippen LogP contribution in [0.5, 0.6) is 0 Å². The highest BCUT2D eigenvalue weighted by molar-refractivity contribution is 5.84. The van der Waals surface area contributed by atoms with E-state index in [4.69, 9.17) is 4.42 Å². The number of pyridine rings is 1. The highest BCUT2D eigenvalue weighted by Gasteiger charge is 2.07. The Kier molecular flexibility index (Phi) is 3.41. The zero-order chi connectivity index (χ0) is 15.5. The first-order chi connectivity index (χ1) is 11.4. The Labute approximate surface area is 133 Å². The van der Waals surface area contributed by atoms with E-state index in [2.05, 4.69) is 15.0 Å². The molecule has 2 heterocycles. The van der Waals surface area contributed by atoms with Crippen LogP contribution in [0.4, 0.5) is 5.69 Å². The molecule has 4 heteroatoms. The molecule has 4 nitrogen and oxygen atoms in total. The topological polar surface area (TPSA) is 51.3 Å². The summed E-state index contributed by atoms with van der Waals surface area (Å²) < 4.78 is 5.80. The van der Waals surface area contributed by atoms with Crippen LogP contribution in [0, 0.1) is 0 Å². The number of aliphatic imine (C=N–C) groups is 1. The summed E-state index contributed by atoms with van der Waals surface area (Å²) in [6.07, 6.45) is 5.29. The molecule has 2 aromatic carbocycles. The summed E-state index contributed by atoms with van der Waals surface area (Å²) in [5.41, 5.74) is 4.30. The van der Waals surface area contributed by atoms with Gasteiger partial charge in [-0.15, -0.1) is 0 Å². The summed E-state index contributed by atoms with van der Waals surface area (Å²) in [6.45, 7) is 0. The zero-order valence-corrected chi connectivity index (χ0v) is 12.3. The van der Waals surface area contributed by atoms with E-state index in [0.717, 1.165) is 27.9 Å². The van der Waals surface area contributed by atoms with Crippen molar-refractivity contribution in [2.24, 2.45) is 4.99 Å². The first-order valence-corrected chi connectivity index (χ1v) is 7.29. The van der Waals surface area contributed by atoms with Crippen LogP contribution < -0.4 is 0 Å². The molecule has 110 valence electrons. The molecule has 23 heavy (non-hydrogen) atoms. The third-order valence-electron chi connectivity index (χ3n) is 3.44. The molecule has 0 bridgehead atoms. The normalized spacial score (nSPS) is 11.3. The van der Waals surface area contributed by atoms with Crippen LogP contribution >= 0.6 is 0 Å². The summed E-state index contributed by atoms with van der Waals surface area (Å²) in [5, 5.41) is 0. The minimum atomic E-state index is 0.619. The van der Waals surface area contributed by atoms with E-state index in [0.29, 0.717) is 5.89 Å². The minimum Gasteiger partial charge on any atom is -0.436 e. The maximum absolute atomic E-state index is 5.80. The molecule has 0 fully saturated rings. The van der Waals surface area contributed by atoms with Gasteiger partial charge in [0.15, 0.2) is 5.58 Å². The molecule has 0 amide bonds. The van der Waals surface area contributed by atoms with Crippen LogP contribution in [0.2, 0.25) is 0 Å². The Morgan fingerprint density at radius 2 is 1.87 bits per heavy atom. The molecule has 0 aliphatic carbocycles. The van der Waals surface area contributed by atoms with E-state index in [1.807, 2.05) is 60.7 Å². The largest absolute Gasteiger partial charge is 0.436 e. The Hall–Kier alpha value is -3.27. The first-order valence-electron chi connectivity index (χ1n) is 7.29. The lowest BCUT2D eigenvalue weighted by Gasteiger charge is -1.93. The summed E-state index contributed by atoms with van der Waals surface area (Å²) >= 11 is 0. The Morgan fingerprint density at radius 3 is 2.70 bits per heavy atom. The van der Waals surface area contributed by atoms with Gasteiger partial charge in [-0.2, -0.15) is 0 Å². The minimum absolute atomic E-state index is 0.619. The molecule has 4 aromatic rings. The summed E-state index contributed by atoms with van der Waals surface area (Å²) in [5.74, 6) is 0.619. The summed E-state index contributed by atoms with van der Waals surface area (Å²) in [4.78, 5) is 13.1. The molecule has 0 unspecified atom stereocenters. The van der Waals surface area contributed by atoms with E-state index in [9.17, 15) is 0 Å². The number of fused-ring (bicyclic) bond motifs is 1. The van der Waals surface area contributed by atoms with E-state index in [-0.39, 0.29) is 0 Å². The lowest BCUT2D eigenvalue weighted by atomic mass is 10.2. The van der Waals surface area contributed by atoms with Gasteiger partial charge < -0.3 is 4.42 Å². The summed E-state index contributed by atoms with van der Waals surface area (Å²) in [6, 6.07) is 19.4. The van der Waals surface area contributed by atoms with Crippen molar-refractivity contribution in [2.75, 3.05) is 0 Å². The van der Waals surface area contributed by atoms with Crippen molar-refractivity contribution in [1.29, 1.82) is 0 Å². The van der Waals surface area contributed by atoms with Gasteiger partial charge >= 0.3 is 0 Å². The van der Waals surface area contributed by atoms with Crippen LogP contribution in [0.25, 0.3) is 22.6 Å². The Balaban J connectivity index is 1.67. The van der Waals surface area contributed by atoms with Crippen LogP contribution in [0.15, 0.2) is 82.5 Å². The molecule has 0 saturated carbocycles. The second kappa shape index (κ2) is 5.85. The van der Waals surface area contributed by atoms with Crippen molar-refractivity contribution in [3.63, 3.8) is 0 Å². The van der Waals surface area contributed by atoms with Gasteiger partial charge in [0.05, 0.1) is 5.69 Å². The number of nitrogens with zero attached hydrogens (tertiary/aromatic N) is 3. The molecule has 0 saturated heterocycles. The average molecular weight is 299 g/mol. The van der Waals surface area contributed by atoms with Crippen molar-refractivity contribution < 1.29 is 4.42 Å². The number of rotatable bonds is 3. The molecule has 0 aliphatic rings. The first kappa shape index (κ1) is 13.4. The molecule has 2 aromatic heterocycles. The standard InChI is InChI=1S/C19H13N3O/c1-2-6-15(7-3-1)19-22-17-11-16(8-9-18(17)23-19)21-13-14-5-4-10-20-12-14/h1-13H. The van der Waals surface area contributed by atoms with Gasteiger partial charge in [-0.3, -0.25) is 9.98 Å². The van der Waals surface area contributed by atoms with Crippen LogP contribution in [-0.4, -0.2) is 16.2 Å². The van der Waals surface area contributed by atoms with Gasteiger partial charge in [0.2, 0.25) is 5.89 Å². The third-order valence-corrected chi connectivity index (χ3v) is 3.44. The second-order valence-corrected chi connectivity index (χ2v) is 5.08. The number of hydrogen-bond acceptors (Lipinski definition) is 4. The third kappa shape index (κ3) is 2.87. The van der Waals surface area contributed by atoms with E-state index < -0.39 is 0 Å². The monoisotopic (exact) mass is 299 g/mol. The van der Waals surface area contributed by atoms with Crippen LogP contribution in [0.1, 0.15) is 5.56 Å². The molecular formula is C19H13N3O. The van der Waals surface area contributed by atoms with Gasteiger partial charge in [-0.25, -0.2) is 4.98 Å². The van der Waals surface area contributed by atoms with Crippen molar-refractivity contribution in [2.45, 2.75) is 0 Å². The maximum atomic E-state index is 5.80. The Morgan fingerprint density at radius 1 is 0.957 bits per heavy atom. The van der Waals surface area contributed by atoms with E-state index in [1.165, 1.54) is 0 Å². The predicted octanol–water partition coefficient (Wildman–Crippen LogP) is 4.64. The number of benzene rings is 2. The second-order valence-electron chi connectivity index (χ2n) is 5.08. The van der Waals surface area contributed by atoms with E-state index in [1.54, 1.807) is 18.6 Å². The molecule has 4 rings (SSSR count). The van der Waals surface area contributed by atoms with Gasteiger partial charge in [-0.1, -0.05) is 24.3 Å². The maximum Gasteiger partial charge on any atom is 0.227 e. The quantitative estimate of drug-likeness (QED) is 0.518. The van der Waals surface area contributed by atoms with Crippen molar-refractivity contribution in [1.82, 2.24) is 9.97 Å². The van der Waals surface area contributed by atoms with Crippen molar-refractivity contribution in [3.05, 3.63) is 78.6 Å². The van der Waals surface area contributed by atoms with E-state index >= 15 is 0 Å². The predicted molar refractivity (Wildman–Crippen MR) is 90.9 cm³/mol. The average Bonchev–Trinajstić information content (AvgIpc) is 3.05. The van der Waals surface area contributed by atoms with Gasteiger partial charge in [0.1, 0.15) is 5.52 Å². The van der Waals surface area contributed by atoms with Crippen LogP contribution in [-0.2, 0) is 0 Å². The van der Waals surface area contributed by atoms with Crippen molar-refractivity contribution in [3.8, 4) is 11.5 Å². The fourth-order valence-electron chi connectivity index (χ4n) is 2.30. The molecule has 0 radical (unpaired) electrons. The highest BCUT2D eigenvalue weighted by Crippen LogP contribution is 2.26. The fourth-order valence-corrected chi connectivity index (χ4v) is 2.30. The number of aromatic nitrogens is 2. The molecule has 0 spiro atoms. The van der Waals surface area contributed by atoms with Crippen molar-refractivity contribution >= 4 is 23.0 Å². The molecular weight excluding hydrogens is 286 g/mol. The molecule has 0 aliphatic heterocycles. The number of hydrogen-bond donors (Lipinski definition) is 0. The fraction of sp³-hybridized carbons (Fsp3) is 0. The highest BCUT2D eigenvalue weighted by atomic mass is 16.3. The SMILES string of the molecule is C(=Nc1ccc2oc(-c3ccccc3)nc2c1)c1cccnc1. The molecule has 0 atom stereocenters. The zero-order valence-electron chi connectivity index (χ0n) is 12.3. The lowest BCUT2D eigenvalue weighted by molar-refractivity contribution is 0.620.